The van der Waals surface area contributed by atoms with Crippen LogP contribution in [-0.2, 0) is 16.2 Å². The van der Waals surface area contributed by atoms with Crippen LogP contribution in [0.3, 0.4) is 0 Å². The molecule has 0 radical (unpaired) electrons. The Morgan fingerprint density at radius 3 is 2.31 bits per heavy atom. The minimum Gasteiger partial charge on any atom is -0.361 e. The molecule has 4 rings (SSSR count). The number of anilines is 1. The molecule has 2 heterocycles. The maximum Gasteiger partial charge on any atom is 0.416 e. The third-order valence-electron chi connectivity index (χ3n) is 6.75. The quantitative estimate of drug-likeness (QED) is 0.435. The number of benzene rings is 1. The summed E-state index contributed by atoms with van der Waals surface area (Å²) < 4.78 is 65.0. The molecule has 198 valence electrons. The first-order valence-corrected chi connectivity index (χ1v) is 14.3. The maximum atomic E-state index is 13.2. The Hall–Kier alpha value is -2.29. The predicted molar refractivity (Wildman–Crippen MR) is 132 cm³/mol. The molecule has 1 saturated carbocycles. The zero-order chi connectivity index (χ0) is 26.3. The van der Waals surface area contributed by atoms with E-state index in [0.29, 0.717) is 36.1 Å². The van der Waals surface area contributed by atoms with Gasteiger partial charge in [-0.3, -0.25) is 19.8 Å². The van der Waals surface area contributed by atoms with E-state index in [1.165, 1.54) is 12.3 Å². The van der Waals surface area contributed by atoms with Crippen molar-refractivity contribution >= 4 is 42.1 Å². The Balaban J connectivity index is 1.42. The molecule has 2 aromatic rings. The molecule has 1 aromatic carbocycles. The molecule has 14 heteroatoms. The van der Waals surface area contributed by atoms with Crippen LogP contribution < -0.4 is 15.1 Å². The van der Waals surface area contributed by atoms with Crippen molar-refractivity contribution in [1.82, 2.24) is 9.62 Å². The van der Waals surface area contributed by atoms with Crippen LogP contribution >= 0.6 is 11.3 Å². The molecule has 1 aliphatic carbocycles. The number of halogens is 3. The molecular weight excluding hydrogens is 521 g/mol. The lowest BCUT2D eigenvalue weighted by atomic mass is 9.86. The highest BCUT2D eigenvalue weighted by Gasteiger charge is 2.34. The van der Waals surface area contributed by atoms with Crippen molar-refractivity contribution in [3.63, 3.8) is 0 Å². The summed E-state index contributed by atoms with van der Waals surface area (Å²) in [6.07, 6.45) is -0.154. The maximum absolute atomic E-state index is 13.2. The second kappa shape index (κ2) is 10.2. The normalized spacial score (nSPS) is 22.2. The van der Waals surface area contributed by atoms with E-state index in [4.69, 9.17) is 0 Å². The number of hydrogen-bond donors (Lipinski definition) is 1. The summed E-state index contributed by atoms with van der Waals surface area (Å²) in [7, 11) is -3.21. The lowest BCUT2D eigenvalue weighted by Crippen LogP contribution is -2.48. The smallest absolute Gasteiger partial charge is 0.361 e. The highest BCUT2D eigenvalue weighted by molar-refractivity contribution is 7.88. The van der Waals surface area contributed by atoms with E-state index in [0.717, 1.165) is 56.7 Å². The van der Waals surface area contributed by atoms with Crippen LogP contribution in [-0.4, -0.2) is 63.3 Å². The molecule has 1 aromatic heterocycles. The Labute approximate surface area is 210 Å². The highest BCUT2D eigenvalue weighted by atomic mass is 32.2. The Bertz CT molecular complexity index is 1300. The zero-order valence-electron chi connectivity index (χ0n) is 19.6. The van der Waals surface area contributed by atoms with Crippen molar-refractivity contribution in [2.75, 3.05) is 43.9 Å². The van der Waals surface area contributed by atoms with Crippen molar-refractivity contribution in [3.05, 3.63) is 44.1 Å². The van der Waals surface area contributed by atoms with E-state index < -0.39 is 37.8 Å². The van der Waals surface area contributed by atoms with Gasteiger partial charge in [0.25, 0.3) is 5.69 Å². The van der Waals surface area contributed by atoms with Gasteiger partial charge >= 0.3 is 6.18 Å². The van der Waals surface area contributed by atoms with Gasteiger partial charge in [-0.1, -0.05) is 0 Å². The average molecular weight is 549 g/mol. The second-order valence-corrected chi connectivity index (χ2v) is 12.3. The molecule has 2 aliphatic rings. The summed E-state index contributed by atoms with van der Waals surface area (Å²) in [6.45, 7) is 3.49. The predicted octanol–water partition coefficient (Wildman–Crippen LogP) is 3.42. The van der Waals surface area contributed by atoms with Crippen LogP contribution in [0.25, 0.3) is 10.1 Å². The topological polar surface area (TPSA) is 113 Å². The minimum atomic E-state index is -4.80. The first-order chi connectivity index (χ1) is 16.8. The van der Waals surface area contributed by atoms with E-state index in [9.17, 15) is 36.5 Å². The molecule has 2 fully saturated rings. The van der Waals surface area contributed by atoms with E-state index in [-0.39, 0.29) is 16.1 Å². The van der Waals surface area contributed by atoms with E-state index in [1.807, 2.05) is 4.90 Å². The van der Waals surface area contributed by atoms with Crippen LogP contribution in [0.5, 0.6) is 0 Å². The Kier molecular flexibility index (Phi) is 7.60. The zero-order valence-corrected chi connectivity index (χ0v) is 21.2. The number of nitro groups is 1. The third-order valence-corrected chi connectivity index (χ3v) is 8.73. The third kappa shape index (κ3) is 6.33. The van der Waals surface area contributed by atoms with Gasteiger partial charge in [0.05, 0.1) is 21.7 Å². The average Bonchev–Trinajstić information content (AvgIpc) is 2.78. The molecule has 9 nitrogen and oxygen atoms in total. The Morgan fingerprint density at radius 1 is 1.11 bits per heavy atom. The molecule has 36 heavy (non-hydrogen) atoms. The number of nitrogens with one attached hydrogen (secondary N) is 1. The Morgan fingerprint density at radius 2 is 1.75 bits per heavy atom. The monoisotopic (exact) mass is 548 g/mol. The molecule has 0 bridgehead atoms. The molecule has 0 amide bonds. The van der Waals surface area contributed by atoms with Gasteiger partial charge in [0.2, 0.25) is 10.0 Å². The van der Waals surface area contributed by atoms with Crippen molar-refractivity contribution in [3.8, 4) is 0 Å². The molecule has 0 atom stereocenters. The van der Waals surface area contributed by atoms with Crippen molar-refractivity contribution in [2.45, 2.75) is 37.9 Å². The number of rotatable bonds is 6. The summed E-state index contributed by atoms with van der Waals surface area (Å²) in [5, 5.41) is 11.7. The number of nitro benzene ring substituents is 1. The van der Waals surface area contributed by atoms with Crippen LogP contribution in [0.1, 0.15) is 31.2 Å². The van der Waals surface area contributed by atoms with Gasteiger partial charge in [-0.25, -0.2) is 13.1 Å². The largest absolute Gasteiger partial charge is 0.416 e. The summed E-state index contributed by atoms with van der Waals surface area (Å²) in [5.74, 6) is 0.469. The van der Waals surface area contributed by atoms with Gasteiger partial charge in [-0.2, -0.15) is 13.2 Å². The SMILES string of the molecule is CS(=O)(=O)NC1CCC(CN2CCN(c3cc(=O)c4cc(C(F)(F)F)cc([N+](=O)[O-])c4s3)CC2)CC1. The molecule has 0 spiro atoms. The lowest BCUT2D eigenvalue weighted by molar-refractivity contribution is -0.383. The van der Waals surface area contributed by atoms with Gasteiger partial charge in [0, 0.05) is 56.3 Å². The van der Waals surface area contributed by atoms with Crippen LogP contribution in [0.15, 0.2) is 23.0 Å². The van der Waals surface area contributed by atoms with Gasteiger partial charge in [0.1, 0.15) is 4.70 Å². The van der Waals surface area contributed by atoms with E-state index in [2.05, 4.69) is 9.62 Å². The van der Waals surface area contributed by atoms with E-state index in [1.54, 1.807) is 0 Å². The van der Waals surface area contributed by atoms with Crippen molar-refractivity contribution < 1.29 is 26.5 Å². The fourth-order valence-electron chi connectivity index (χ4n) is 4.96. The molecule has 1 saturated heterocycles. The van der Waals surface area contributed by atoms with Crippen molar-refractivity contribution in [1.29, 1.82) is 0 Å². The molecular formula is C22H27F3N4O5S2. The lowest BCUT2D eigenvalue weighted by Gasteiger charge is -2.38. The molecule has 0 unspecified atom stereocenters. The molecule has 1 N–H and O–H groups in total. The fraction of sp³-hybridized carbons (Fsp3) is 0.591. The highest BCUT2D eigenvalue weighted by Crippen LogP contribution is 2.39. The van der Waals surface area contributed by atoms with Crippen LogP contribution in [0.2, 0.25) is 0 Å². The standard InChI is InChI=1S/C22H27F3N4O5S2/c1-36(33,34)26-16-4-2-14(3-5-16)13-27-6-8-28(9-7-27)20-12-19(30)17-10-15(22(23,24)25)11-18(29(31)32)21(17)35-20/h10-12,14,16,26H,2-9,13H2,1H3. The van der Waals surface area contributed by atoms with E-state index >= 15 is 0 Å². The van der Waals surface area contributed by atoms with Gasteiger partial charge < -0.3 is 4.90 Å². The number of nitrogens with zero attached hydrogens (tertiary/aromatic N) is 3. The number of fused-ring (bicyclic) bond motifs is 1. The summed E-state index contributed by atoms with van der Waals surface area (Å²) >= 11 is 0.966. The summed E-state index contributed by atoms with van der Waals surface area (Å²) in [5.41, 5.74) is -2.60. The number of sulfonamides is 1. The van der Waals surface area contributed by atoms with Crippen LogP contribution in [0.4, 0.5) is 23.9 Å². The fourth-order valence-corrected chi connectivity index (χ4v) is 7.00. The first-order valence-electron chi connectivity index (χ1n) is 11.6. The summed E-state index contributed by atoms with van der Waals surface area (Å²) in [4.78, 5) is 27.5. The second-order valence-electron chi connectivity index (χ2n) is 9.47. The van der Waals surface area contributed by atoms with Gasteiger partial charge in [0.15, 0.2) is 5.43 Å². The number of piperazine rings is 1. The number of hydrogen-bond acceptors (Lipinski definition) is 8. The minimum absolute atomic E-state index is 0.0138. The summed E-state index contributed by atoms with van der Waals surface area (Å²) in [6, 6.07) is 2.42. The number of alkyl halides is 3. The van der Waals surface area contributed by atoms with Crippen LogP contribution in [0, 0.1) is 16.0 Å². The van der Waals surface area contributed by atoms with Gasteiger partial charge in [-0.05, 0) is 37.7 Å². The number of non-ortho nitro benzene ring substituents is 1. The van der Waals surface area contributed by atoms with Crippen molar-refractivity contribution in [2.24, 2.45) is 5.92 Å². The molecule has 1 aliphatic heterocycles. The first kappa shape index (κ1) is 26.8. The van der Waals surface area contributed by atoms with Gasteiger partial charge in [-0.15, -0.1) is 11.3 Å².